The van der Waals surface area contributed by atoms with E-state index >= 15 is 0 Å². The van der Waals surface area contributed by atoms with Crippen molar-refractivity contribution in [3.63, 3.8) is 0 Å². The molecule has 1 heterocycles. The predicted molar refractivity (Wildman–Crippen MR) is 115 cm³/mol. The number of aromatic nitrogens is 2. The van der Waals surface area contributed by atoms with Crippen LogP contribution in [0.4, 0.5) is 17.5 Å². The minimum absolute atomic E-state index is 0.216. The maximum absolute atomic E-state index is 5.89. The minimum atomic E-state index is 0.216. The molecule has 1 aromatic heterocycles. The summed E-state index contributed by atoms with van der Waals surface area (Å²) in [6.07, 6.45) is 0. The summed E-state index contributed by atoms with van der Waals surface area (Å²) in [6, 6.07) is 26.8. The molecule has 0 bridgehead atoms. The van der Waals surface area contributed by atoms with E-state index in [2.05, 4.69) is 15.3 Å². The molecule has 4 aromatic rings. The van der Waals surface area contributed by atoms with Crippen molar-refractivity contribution in [2.75, 3.05) is 18.2 Å². The van der Waals surface area contributed by atoms with Crippen LogP contribution in [-0.4, -0.2) is 17.1 Å². The molecule has 0 unspecified atom stereocenters. The Balaban J connectivity index is 1.48. The van der Waals surface area contributed by atoms with Gasteiger partial charge < -0.3 is 20.5 Å². The normalized spacial score (nSPS) is 10.4. The summed E-state index contributed by atoms with van der Waals surface area (Å²) in [6.45, 7) is 0. The number of anilines is 3. The second-order valence-corrected chi connectivity index (χ2v) is 6.29. The summed E-state index contributed by atoms with van der Waals surface area (Å²) in [4.78, 5) is 8.59. The first-order valence-corrected chi connectivity index (χ1v) is 9.08. The molecule has 3 aromatic carbocycles. The lowest BCUT2D eigenvalue weighted by atomic mass is 10.1. The average Bonchev–Trinajstić information content (AvgIpc) is 2.76. The number of nitrogens with one attached hydrogen (secondary N) is 1. The van der Waals surface area contributed by atoms with Gasteiger partial charge in [-0.3, -0.25) is 0 Å². The van der Waals surface area contributed by atoms with E-state index in [1.54, 1.807) is 7.11 Å². The van der Waals surface area contributed by atoms with Crippen LogP contribution in [0.15, 0.2) is 84.9 Å². The minimum Gasteiger partial charge on any atom is -0.497 e. The summed E-state index contributed by atoms with van der Waals surface area (Å²) in [5.74, 6) is 3.10. The van der Waals surface area contributed by atoms with Crippen molar-refractivity contribution in [3.05, 3.63) is 84.9 Å². The Morgan fingerprint density at radius 3 is 2.03 bits per heavy atom. The number of benzene rings is 3. The molecule has 3 N–H and O–H groups in total. The number of ether oxygens (including phenoxy) is 2. The van der Waals surface area contributed by atoms with Gasteiger partial charge in [0.2, 0.25) is 5.95 Å². The van der Waals surface area contributed by atoms with Gasteiger partial charge in [0.15, 0.2) is 0 Å². The highest BCUT2D eigenvalue weighted by Gasteiger charge is 2.06. The molecule has 0 aliphatic heterocycles. The van der Waals surface area contributed by atoms with E-state index in [0.29, 0.717) is 5.82 Å². The predicted octanol–water partition coefficient (Wildman–Crippen LogP) is 5.27. The van der Waals surface area contributed by atoms with Gasteiger partial charge in [0.1, 0.15) is 23.1 Å². The summed E-state index contributed by atoms with van der Waals surface area (Å²) in [5, 5.41) is 3.26. The van der Waals surface area contributed by atoms with Gasteiger partial charge in [-0.2, -0.15) is 4.98 Å². The number of nitrogens with two attached hydrogens (primary N) is 1. The molecule has 0 saturated heterocycles. The van der Waals surface area contributed by atoms with Crippen molar-refractivity contribution < 1.29 is 9.47 Å². The monoisotopic (exact) mass is 384 g/mol. The van der Waals surface area contributed by atoms with E-state index in [0.717, 1.165) is 34.2 Å². The van der Waals surface area contributed by atoms with Gasteiger partial charge in [-0.15, -0.1) is 0 Å². The highest BCUT2D eigenvalue weighted by atomic mass is 16.5. The second kappa shape index (κ2) is 8.31. The highest BCUT2D eigenvalue weighted by molar-refractivity contribution is 5.67. The maximum atomic E-state index is 5.89. The molecule has 144 valence electrons. The fourth-order valence-corrected chi connectivity index (χ4v) is 2.82. The summed E-state index contributed by atoms with van der Waals surface area (Å²) in [7, 11) is 1.63. The van der Waals surface area contributed by atoms with E-state index in [1.807, 2.05) is 84.9 Å². The van der Waals surface area contributed by atoms with E-state index in [9.17, 15) is 0 Å². The van der Waals surface area contributed by atoms with Crippen LogP contribution in [0.3, 0.4) is 0 Å². The van der Waals surface area contributed by atoms with Gasteiger partial charge >= 0.3 is 0 Å². The van der Waals surface area contributed by atoms with Gasteiger partial charge in [0, 0.05) is 17.3 Å². The Kier molecular flexibility index (Phi) is 5.25. The lowest BCUT2D eigenvalue weighted by molar-refractivity contribution is 0.413. The third-order valence-electron chi connectivity index (χ3n) is 4.23. The Morgan fingerprint density at radius 2 is 1.38 bits per heavy atom. The molecule has 6 heteroatoms. The van der Waals surface area contributed by atoms with E-state index < -0.39 is 0 Å². The van der Waals surface area contributed by atoms with Crippen LogP contribution in [0.2, 0.25) is 0 Å². The number of hydrogen-bond acceptors (Lipinski definition) is 6. The summed E-state index contributed by atoms with van der Waals surface area (Å²) < 4.78 is 11.0. The SMILES string of the molecule is COc1ccc(Oc2ccc(Nc3cc(-c4ccccc4)nc(N)n3)cc2)cc1. The fraction of sp³-hybridized carbons (Fsp3) is 0.0435. The Bertz CT molecular complexity index is 1080. The average molecular weight is 384 g/mol. The molecule has 6 nitrogen and oxygen atoms in total. The molecule has 4 rings (SSSR count). The van der Waals surface area contributed by atoms with Crippen molar-refractivity contribution in [1.82, 2.24) is 9.97 Å². The number of nitrogen functional groups attached to an aromatic ring is 1. The van der Waals surface area contributed by atoms with Crippen molar-refractivity contribution in [2.24, 2.45) is 0 Å². The van der Waals surface area contributed by atoms with Crippen LogP contribution >= 0.6 is 0 Å². The smallest absolute Gasteiger partial charge is 0.222 e. The molecule has 29 heavy (non-hydrogen) atoms. The van der Waals surface area contributed by atoms with Gasteiger partial charge in [-0.05, 0) is 48.5 Å². The third-order valence-corrected chi connectivity index (χ3v) is 4.23. The first-order chi connectivity index (χ1) is 14.2. The number of methoxy groups -OCH3 is 1. The largest absolute Gasteiger partial charge is 0.497 e. The fourth-order valence-electron chi connectivity index (χ4n) is 2.82. The molecule has 0 radical (unpaired) electrons. The number of rotatable bonds is 6. The first kappa shape index (κ1) is 18.3. The molecule has 0 atom stereocenters. The Hall–Kier alpha value is -4.06. The molecule has 0 spiro atoms. The van der Waals surface area contributed by atoms with Gasteiger partial charge in [-0.1, -0.05) is 30.3 Å². The van der Waals surface area contributed by atoms with E-state index in [1.165, 1.54) is 0 Å². The Morgan fingerprint density at radius 1 is 0.759 bits per heavy atom. The van der Waals surface area contributed by atoms with Crippen LogP contribution in [-0.2, 0) is 0 Å². The molecule has 0 aliphatic rings. The van der Waals surface area contributed by atoms with Crippen molar-refractivity contribution in [3.8, 4) is 28.5 Å². The second-order valence-electron chi connectivity index (χ2n) is 6.29. The third kappa shape index (κ3) is 4.62. The summed E-state index contributed by atoms with van der Waals surface area (Å²) >= 11 is 0. The van der Waals surface area contributed by atoms with Crippen LogP contribution < -0.4 is 20.5 Å². The Labute approximate surface area is 169 Å². The van der Waals surface area contributed by atoms with Crippen molar-refractivity contribution in [1.29, 1.82) is 0 Å². The van der Waals surface area contributed by atoms with Gasteiger partial charge in [0.25, 0.3) is 0 Å². The highest BCUT2D eigenvalue weighted by Crippen LogP contribution is 2.27. The van der Waals surface area contributed by atoms with Crippen LogP contribution in [0, 0.1) is 0 Å². The van der Waals surface area contributed by atoms with Crippen LogP contribution in [0.5, 0.6) is 17.2 Å². The molecule has 0 aliphatic carbocycles. The summed E-state index contributed by atoms with van der Waals surface area (Å²) in [5.41, 5.74) is 8.50. The topological polar surface area (TPSA) is 82.3 Å². The molecular formula is C23H20N4O2. The van der Waals surface area contributed by atoms with Crippen molar-refractivity contribution in [2.45, 2.75) is 0 Å². The van der Waals surface area contributed by atoms with Gasteiger partial charge in [-0.25, -0.2) is 4.98 Å². The zero-order valence-corrected chi connectivity index (χ0v) is 15.9. The molecule has 0 amide bonds. The quantitative estimate of drug-likeness (QED) is 0.471. The lowest BCUT2D eigenvalue weighted by Crippen LogP contribution is -2.01. The molecular weight excluding hydrogens is 364 g/mol. The van der Waals surface area contributed by atoms with E-state index in [-0.39, 0.29) is 5.95 Å². The molecule has 0 fully saturated rings. The van der Waals surface area contributed by atoms with Crippen LogP contribution in [0.25, 0.3) is 11.3 Å². The first-order valence-electron chi connectivity index (χ1n) is 9.08. The van der Waals surface area contributed by atoms with Crippen LogP contribution in [0.1, 0.15) is 0 Å². The number of nitrogens with zero attached hydrogens (tertiary/aromatic N) is 2. The maximum Gasteiger partial charge on any atom is 0.222 e. The van der Waals surface area contributed by atoms with Gasteiger partial charge in [0.05, 0.1) is 12.8 Å². The standard InChI is InChI=1S/C23H20N4O2/c1-28-18-11-13-20(14-12-18)29-19-9-7-17(8-10-19)25-22-15-21(26-23(24)27-22)16-5-3-2-4-6-16/h2-15H,1H3,(H3,24,25,26,27). The lowest BCUT2D eigenvalue weighted by Gasteiger charge is -2.10. The zero-order chi connectivity index (χ0) is 20.1. The molecule has 0 saturated carbocycles. The van der Waals surface area contributed by atoms with Crippen molar-refractivity contribution >= 4 is 17.5 Å². The van der Waals surface area contributed by atoms with E-state index in [4.69, 9.17) is 15.2 Å². The zero-order valence-electron chi connectivity index (χ0n) is 15.9. The number of hydrogen-bond donors (Lipinski definition) is 2.